The van der Waals surface area contributed by atoms with Crippen molar-refractivity contribution in [2.45, 2.75) is 31.1 Å². The van der Waals surface area contributed by atoms with E-state index in [1.807, 2.05) is 38.4 Å². The molecule has 1 fully saturated rings. The van der Waals surface area contributed by atoms with E-state index in [4.69, 9.17) is 11.6 Å². The highest BCUT2D eigenvalue weighted by Gasteiger charge is 2.31. The van der Waals surface area contributed by atoms with Crippen LogP contribution in [0.4, 0.5) is 0 Å². The van der Waals surface area contributed by atoms with Crippen molar-refractivity contribution < 1.29 is 10.2 Å². The van der Waals surface area contributed by atoms with Crippen LogP contribution in [-0.4, -0.2) is 65.9 Å². The van der Waals surface area contributed by atoms with E-state index in [0.717, 1.165) is 25.1 Å². The van der Waals surface area contributed by atoms with Crippen molar-refractivity contribution in [2.24, 2.45) is 0 Å². The summed E-state index contributed by atoms with van der Waals surface area (Å²) in [4.78, 5) is 4.42. The average molecular weight is 313 g/mol. The van der Waals surface area contributed by atoms with Crippen molar-refractivity contribution >= 4 is 11.6 Å². The second kappa shape index (κ2) is 7.56. The molecule has 0 amide bonds. The van der Waals surface area contributed by atoms with Crippen LogP contribution in [0.5, 0.6) is 0 Å². The second-order valence-electron chi connectivity index (χ2n) is 6.16. The molecule has 0 aromatic heterocycles. The summed E-state index contributed by atoms with van der Waals surface area (Å²) in [6.07, 6.45) is 0.697. The van der Waals surface area contributed by atoms with E-state index in [9.17, 15) is 10.2 Å². The molecule has 118 valence electrons. The van der Waals surface area contributed by atoms with Gasteiger partial charge in [-0.25, -0.2) is 0 Å². The first-order chi connectivity index (χ1) is 9.95. The number of aliphatic hydroxyl groups is 2. The van der Waals surface area contributed by atoms with Crippen LogP contribution in [0, 0.1) is 0 Å². The Balaban J connectivity index is 1.89. The van der Waals surface area contributed by atoms with E-state index >= 15 is 0 Å². The van der Waals surface area contributed by atoms with Gasteiger partial charge in [-0.1, -0.05) is 23.7 Å². The van der Waals surface area contributed by atoms with Gasteiger partial charge in [0.05, 0.1) is 12.2 Å². The summed E-state index contributed by atoms with van der Waals surface area (Å²) in [5, 5.41) is 20.8. The van der Waals surface area contributed by atoms with Crippen LogP contribution in [0.25, 0.3) is 0 Å². The highest BCUT2D eigenvalue weighted by atomic mass is 35.5. The Labute approximate surface area is 131 Å². The topological polar surface area (TPSA) is 46.9 Å². The molecule has 3 unspecified atom stereocenters. The minimum Gasteiger partial charge on any atom is -0.392 e. The lowest BCUT2D eigenvalue weighted by atomic mass is 10.1. The highest BCUT2D eigenvalue weighted by molar-refractivity contribution is 6.30. The van der Waals surface area contributed by atoms with Gasteiger partial charge >= 0.3 is 0 Å². The van der Waals surface area contributed by atoms with Crippen LogP contribution in [0.1, 0.15) is 24.5 Å². The minimum absolute atomic E-state index is 0.252. The number of hydrogen-bond donors (Lipinski definition) is 2. The molecule has 0 bridgehead atoms. The second-order valence-corrected chi connectivity index (χ2v) is 6.60. The smallest absolute Gasteiger partial charge is 0.0802 e. The maximum absolute atomic E-state index is 10.3. The standard InChI is InChI=1S/C16H25ClN2O2/c1-18(2)10-14-9-15(20)11-19(14)7-6-16(21)12-4-3-5-13(17)8-12/h3-5,8,14-16,20-21H,6-7,9-11H2,1-2H3. The Morgan fingerprint density at radius 1 is 1.43 bits per heavy atom. The third-order valence-corrected chi connectivity index (χ3v) is 4.24. The van der Waals surface area contributed by atoms with Crippen LogP contribution in [-0.2, 0) is 0 Å². The van der Waals surface area contributed by atoms with E-state index in [0.29, 0.717) is 24.0 Å². The fourth-order valence-corrected chi connectivity index (χ4v) is 3.21. The summed E-state index contributed by atoms with van der Waals surface area (Å²) >= 11 is 5.96. The number of aliphatic hydroxyl groups excluding tert-OH is 2. The van der Waals surface area contributed by atoms with Crippen molar-refractivity contribution in [3.8, 4) is 0 Å². The number of rotatable bonds is 6. The number of hydrogen-bond acceptors (Lipinski definition) is 4. The molecule has 0 aliphatic carbocycles. The van der Waals surface area contributed by atoms with Gasteiger partial charge < -0.3 is 15.1 Å². The number of likely N-dealkylation sites (tertiary alicyclic amines) is 1. The Hall–Kier alpha value is -0.650. The summed E-state index contributed by atoms with van der Waals surface area (Å²) in [5.74, 6) is 0. The molecule has 1 saturated heterocycles. The molecule has 21 heavy (non-hydrogen) atoms. The molecule has 1 aromatic rings. The maximum atomic E-state index is 10.3. The molecule has 1 heterocycles. The van der Waals surface area contributed by atoms with Crippen molar-refractivity contribution in [3.05, 3.63) is 34.9 Å². The van der Waals surface area contributed by atoms with E-state index in [-0.39, 0.29) is 6.10 Å². The van der Waals surface area contributed by atoms with Crippen LogP contribution in [0.2, 0.25) is 5.02 Å². The Morgan fingerprint density at radius 2 is 2.19 bits per heavy atom. The molecule has 3 atom stereocenters. The fourth-order valence-electron chi connectivity index (χ4n) is 3.01. The van der Waals surface area contributed by atoms with Crippen LogP contribution < -0.4 is 0 Å². The molecule has 0 spiro atoms. The lowest BCUT2D eigenvalue weighted by Gasteiger charge is -2.27. The van der Waals surface area contributed by atoms with Gasteiger partial charge in [0.25, 0.3) is 0 Å². The summed E-state index contributed by atoms with van der Waals surface area (Å²) in [6, 6.07) is 7.73. The number of β-amino-alcohol motifs (C(OH)–C–C–N with tert-alkyl or cyclic N) is 1. The quantitative estimate of drug-likeness (QED) is 0.840. The van der Waals surface area contributed by atoms with Gasteiger partial charge in [0.15, 0.2) is 0 Å². The van der Waals surface area contributed by atoms with Gasteiger partial charge in [0, 0.05) is 30.7 Å². The molecule has 1 aliphatic heterocycles. The molecule has 1 aliphatic rings. The van der Waals surface area contributed by atoms with E-state index < -0.39 is 6.10 Å². The Morgan fingerprint density at radius 3 is 2.86 bits per heavy atom. The predicted molar refractivity (Wildman–Crippen MR) is 85.6 cm³/mol. The maximum Gasteiger partial charge on any atom is 0.0802 e. The highest BCUT2D eigenvalue weighted by Crippen LogP contribution is 2.24. The van der Waals surface area contributed by atoms with Gasteiger partial charge in [-0.05, 0) is 44.6 Å². The number of likely N-dealkylation sites (N-methyl/N-ethyl adjacent to an activating group) is 1. The first-order valence-electron chi connectivity index (χ1n) is 7.46. The van der Waals surface area contributed by atoms with Gasteiger partial charge in [0.1, 0.15) is 0 Å². The predicted octanol–water partition coefficient (Wildman–Crippen LogP) is 1.76. The first-order valence-corrected chi connectivity index (χ1v) is 7.84. The zero-order valence-corrected chi connectivity index (χ0v) is 13.5. The van der Waals surface area contributed by atoms with Crippen LogP contribution in [0.3, 0.4) is 0 Å². The molecule has 2 N–H and O–H groups in total. The largest absolute Gasteiger partial charge is 0.392 e. The van der Waals surface area contributed by atoms with Gasteiger partial charge in [-0.3, -0.25) is 4.90 Å². The minimum atomic E-state index is -0.513. The summed E-state index contributed by atoms with van der Waals surface area (Å²) in [7, 11) is 4.09. The summed E-state index contributed by atoms with van der Waals surface area (Å²) in [6.45, 7) is 2.41. The monoisotopic (exact) mass is 312 g/mol. The van der Waals surface area contributed by atoms with Crippen LogP contribution in [0.15, 0.2) is 24.3 Å². The van der Waals surface area contributed by atoms with E-state index in [1.165, 1.54) is 0 Å². The van der Waals surface area contributed by atoms with Crippen LogP contribution >= 0.6 is 11.6 Å². The Bertz CT molecular complexity index is 456. The third-order valence-electron chi connectivity index (χ3n) is 4.00. The van der Waals surface area contributed by atoms with E-state index in [2.05, 4.69) is 9.80 Å². The summed E-state index contributed by atoms with van der Waals surface area (Å²) in [5.41, 5.74) is 0.853. The Kier molecular flexibility index (Phi) is 6.02. The molecule has 0 saturated carbocycles. The first kappa shape index (κ1) is 16.7. The number of benzene rings is 1. The molecular weight excluding hydrogens is 288 g/mol. The van der Waals surface area contributed by atoms with Crippen molar-refractivity contribution in [2.75, 3.05) is 33.7 Å². The molecule has 4 nitrogen and oxygen atoms in total. The van der Waals surface area contributed by atoms with E-state index in [1.54, 1.807) is 0 Å². The zero-order valence-electron chi connectivity index (χ0n) is 12.7. The fraction of sp³-hybridized carbons (Fsp3) is 0.625. The van der Waals surface area contributed by atoms with Crippen molar-refractivity contribution in [3.63, 3.8) is 0 Å². The molecule has 5 heteroatoms. The SMILES string of the molecule is CN(C)CC1CC(O)CN1CCC(O)c1cccc(Cl)c1. The molecule has 0 radical (unpaired) electrons. The van der Waals surface area contributed by atoms with Crippen molar-refractivity contribution in [1.29, 1.82) is 0 Å². The average Bonchev–Trinajstić information content (AvgIpc) is 2.75. The normalized spacial score (nSPS) is 24.7. The lowest BCUT2D eigenvalue weighted by molar-refractivity contribution is 0.125. The van der Waals surface area contributed by atoms with Gasteiger partial charge in [-0.2, -0.15) is 0 Å². The zero-order chi connectivity index (χ0) is 15.4. The lowest BCUT2D eigenvalue weighted by Crippen LogP contribution is -2.38. The van der Waals surface area contributed by atoms with Crippen molar-refractivity contribution in [1.82, 2.24) is 9.80 Å². The number of halogens is 1. The molecular formula is C16H25ClN2O2. The van der Waals surface area contributed by atoms with Gasteiger partial charge in [-0.15, -0.1) is 0 Å². The number of nitrogens with zero attached hydrogens (tertiary/aromatic N) is 2. The summed E-state index contributed by atoms with van der Waals surface area (Å²) < 4.78 is 0. The molecule has 2 rings (SSSR count). The van der Waals surface area contributed by atoms with Gasteiger partial charge in [0.2, 0.25) is 0 Å². The molecule has 1 aromatic carbocycles. The third kappa shape index (κ3) is 4.94.